The number of carbonyl (C=O) groups excluding carboxylic acids is 2. The minimum atomic E-state index is -1.07. The number of rotatable bonds is 12. The van der Waals surface area contributed by atoms with Crippen molar-refractivity contribution in [3.8, 4) is 0 Å². The fourth-order valence-electron chi connectivity index (χ4n) is 5.17. The van der Waals surface area contributed by atoms with E-state index in [1.54, 1.807) is 0 Å². The van der Waals surface area contributed by atoms with Crippen molar-refractivity contribution in [2.24, 2.45) is 17.6 Å². The Hall–Kier alpha value is -1.83. The summed E-state index contributed by atoms with van der Waals surface area (Å²) < 4.78 is 0. The lowest BCUT2D eigenvalue weighted by molar-refractivity contribution is -0.139. The highest BCUT2D eigenvalue weighted by Gasteiger charge is 2.30. The molecule has 0 radical (unpaired) electrons. The van der Waals surface area contributed by atoms with Crippen LogP contribution in [-0.4, -0.2) is 47.7 Å². The molecule has 0 aromatic rings. The van der Waals surface area contributed by atoms with Gasteiger partial charge in [-0.1, -0.05) is 51.4 Å². The topological polar surface area (TPSA) is 134 Å². The Kier molecular flexibility index (Phi) is 11.8. The highest BCUT2D eigenvalue weighted by molar-refractivity contribution is 5.88. The summed E-state index contributed by atoms with van der Waals surface area (Å²) in [5.74, 6) is -0.337. The number of carboxylic acid groups (broad SMARTS) is 1. The third-order valence-electron chi connectivity index (χ3n) is 7.19. The van der Waals surface area contributed by atoms with Gasteiger partial charge in [0, 0.05) is 6.04 Å². The van der Waals surface area contributed by atoms with E-state index in [-0.39, 0.29) is 11.9 Å². The van der Waals surface area contributed by atoms with E-state index < -0.39 is 24.1 Å². The van der Waals surface area contributed by atoms with Crippen molar-refractivity contribution >= 4 is 17.9 Å². The Morgan fingerprint density at radius 2 is 1.47 bits per heavy atom. The van der Waals surface area contributed by atoms with Crippen LogP contribution in [0.1, 0.15) is 96.8 Å². The zero-order valence-electron chi connectivity index (χ0n) is 19.7. The lowest BCUT2D eigenvalue weighted by Crippen LogP contribution is -2.55. The van der Waals surface area contributed by atoms with Gasteiger partial charge in [-0.15, -0.1) is 0 Å². The fraction of sp³-hybridized carbons (Fsp3) is 0.875. The molecule has 0 aliphatic heterocycles. The molecule has 184 valence electrons. The molecule has 2 rings (SSSR count). The Morgan fingerprint density at radius 1 is 0.875 bits per heavy atom. The number of aliphatic carboxylic acids is 1. The predicted molar refractivity (Wildman–Crippen MR) is 125 cm³/mol. The molecule has 3 atom stereocenters. The van der Waals surface area contributed by atoms with Gasteiger partial charge in [0.2, 0.25) is 5.91 Å². The van der Waals surface area contributed by atoms with Crippen LogP contribution in [0.5, 0.6) is 0 Å². The van der Waals surface area contributed by atoms with E-state index in [2.05, 4.69) is 22.9 Å². The van der Waals surface area contributed by atoms with Crippen molar-refractivity contribution in [2.75, 3.05) is 6.54 Å². The molecule has 6 N–H and O–H groups in total. The summed E-state index contributed by atoms with van der Waals surface area (Å²) in [5, 5.41) is 17.9. The van der Waals surface area contributed by atoms with Gasteiger partial charge in [0.25, 0.3) is 0 Å². The average molecular weight is 453 g/mol. The molecule has 0 spiro atoms. The zero-order valence-corrected chi connectivity index (χ0v) is 19.7. The van der Waals surface area contributed by atoms with Crippen LogP contribution in [0.25, 0.3) is 0 Å². The number of nitrogens with one attached hydrogen (secondary N) is 3. The fourth-order valence-corrected chi connectivity index (χ4v) is 5.17. The minimum absolute atomic E-state index is 0.0737. The molecule has 0 heterocycles. The lowest BCUT2D eigenvalue weighted by Gasteiger charge is -2.31. The van der Waals surface area contributed by atoms with Crippen LogP contribution < -0.4 is 21.7 Å². The molecule has 2 aliphatic carbocycles. The summed E-state index contributed by atoms with van der Waals surface area (Å²) >= 11 is 0. The maximum Gasteiger partial charge on any atom is 0.326 e. The number of hydrogen-bond acceptors (Lipinski definition) is 4. The summed E-state index contributed by atoms with van der Waals surface area (Å²) in [6, 6.07) is -2.15. The third-order valence-corrected chi connectivity index (χ3v) is 7.19. The minimum Gasteiger partial charge on any atom is -0.480 e. The first-order valence-corrected chi connectivity index (χ1v) is 12.7. The second kappa shape index (κ2) is 14.3. The number of urea groups is 1. The van der Waals surface area contributed by atoms with Crippen molar-refractivity contribution in [2.45, 2.75) is 115 Å². The molecule has 3 amide bonds. The summed E-state index contributed by atoms with van der Waals surface area (Å²) in [5.41, 5.74) is 5.48. The molecule has 8 nitrogen and oxygen atoms in total. The maximum atomic E-state index is 13.2. The molecule has 2 saturated carbocycles. The maximum absolute atomic E-state index is 13.2. The molecular formula is C24H44N4O4. The Balaban J connectivity index is 1.96. The molecule has 2 aliphatic rings. The molecule has 2 fully saturated rings. The smallest absolute Gasteiger partial charge is 0.326 e. The van der Waals surface area contributed by atoms with Crippen molar-refractivity contribution in [1.29, 1.82) is 0 Å². The van der Waals surface area contributed by atoms with Gasteiger partial charge in [-0.05, 0) is 63.8 Å². The van der Waals surface area contributed by atoms with Crippen LogP contribution >= 0.6 is 0 Å². The highest BCUT2D eigenvalue weighted by Crippen LogP contribution is 2.28. The largest absolute Gasteiger partial charge is 0.480 e. The third kappa shape index (κ3) is 9.35. The number of carbonyl (C=O) groups is 3. The molecule has 0 unspecified atom stereocenters. The van der Waals surface area contributed by atoms with E-state index in [4.69, 9.17) is 5.73 Å². The number of unbranched alkanes of at least 4 members (excludes halogenated alkanes) is 1. The Labute approximate surface area is 192 Å². The average Bonchev–Trinajstić information content (AvgIpc) is 2.79. The molecule has 0 aromatic carbocycles. The number of hydrogen-bond donors (Lipinski definition) is 5. The van der Waals surface area contributed by atoms with Crippen LogP contribution in [-0.2, 0) is 9.59 Å². The van der Waals surface area contributed by atoms with Crippen LogP contribution in [0.2, 0.25) is 0 Å². The van der Waals surface area contributed by atoms with Crippen molar-refractivity contribution in [3.63, 3.8) is 0 Å². The van der Waals surface area contributed by atoms with E-state index in [1.165, 1.54) is 25.7 Å². The first kappa shape index (κ1) is 26.4. The highest BCUT2D eigenvalue weighted by atomic mass is 16.4. The van der Waals surface area contributed by atoms with Gasteiger partial charge in [-0.2, -0.15) is 0 Å². The van der Waals surface area contributed by atoms with E-state index in [0.717, 1.165) is 38.5 Å². The Morgan fingerprint density at radius 3 is 2.06 bits per heavy atom. The van der Waals surface area contributed by atoms with E-state index in [1.807, 2.05) is 0 Å². The van der Waals surface area contributed by atoms with Gasteiger partial charge in [-0.3, -0.25) is 4.79 Å². The number of carboxylic acids is 1. The second-order valence-corrected chi connectivity index (χ2v) is 9.78. The number of nitrogens with two attached hydrogens (primary N) is 1. The van der Waals surface area contributed by atoms with Gasteiger partial charge >= 0.3 is 12.0 Å². The van der Waals surface area contributed by atoms with Gasteiger partial charge in [-0.25, -0.2) is 9.59 Å². The van der Waals surface area contributed by atoms with Gasteiger partial charge in [0.15, 0.2) is 0 Å². The van der Waals surface area contributed by atoms with Crippen LogP contribution in [0.15, 0.2) is 0 Å². The normalized spacial score (nSPS) is 20.7. The quantitative estimate of drug-likeness (QED) is 0.290. The molecule has 0 aromatic heterocycles. The van der Waals surface area contributed by atoms with Crippen molar-refractivity contribution in [1.82, 2.24) is 16.0 Å². The SMILES string of the molecule is C[C@H](NC(=O)[C@@H](CC1CCCCC1)NC(=O)N[C@@H](CCCCN)C(=O)O)C1CCCCC1. The van der Waals surface area contributed by atoms with Crippen molar-refractivity contribution in [3.05, 3.63) is 0 Å². The molecule has 32 heavy (non-hydrogen) atoms. The van der Waals surface area contributed by atoms with Crippen LogP contribution in [0.3, 0.4) is 0 Å². The van der Waals surface area contributed by atoms with Crippen molar-refractivity contribution < 1.29 is 19.5 Å². The standard InChI is InChI=1S/C24H44N4O4/c1-17(19-12-6-3-7-13-19)26-22(29)21(16-18-10-4-2-5-11-18)28-24(32)27-20(23(30)31)14-8-9-15-25/h17-21H,2-16,25H2,1H3,(H,26,29)(H,30,31)(H2,27,28,32)/t17-,20-,21+/m0/s1. The zero-order chi connectivity index (χ0) is 23.3. The van der Waals surface area contributed by atoms with Crippen LogP contribution in [0.4, 0.5) is 4.79 Å². The van der Waals surface area contributed by atoms with E-state index in [0.29, 0.717) is 44.1 Å². The lowest BCUT2D eigenvalue weighted by atomic mass is 9.83. The summed E-state index contributed by atoms with van der Waals surface area (Å²) in [7, 11) is 0. The summed E-state index contributed by atoms with van der Waals surface area (Å²) in [6.45, 7) is 2.55. The first-order chi connectivity index (χ1) is 15.4. The molecule has 0 bridgehead atoms. The molecule has 8 heteroatoms. The second-order valence-electron chi connectivity index (χ2n) is 9.78. The summed E-state index contributed by atoms with van der Waals surface area (Å²) in [4.78, 5) is 37.3. The van der Waals surface area contributed by atoms with E-state index in [9.17, 15) is 19.5 Å². The van der Waals surface area contributed by atoms with Gasteiger partial charge < -0.3 is 26.8 Å². The van der Waals surface area contributed by atoms with Crippen LogP contribution in [0, 0.1) is 11.8 Å². The predicted octanol–water partition coefficient (Wildman–Crippen LogP) is 3.29. The molecule has 0 saturated heterocycles. The van der Waals surface area contributed by atoms with E-state index >= 15 is 0 Å². The first-order valence-electron chi connectivity index (χ1n) is 12.7. The Bertz CT molecular complexity index is 589. The van der Waals surface area contributed by atoms with Gasteiger partial charge in [0.1, 0.15) is 12.1 Å². The molecular weight excluding hydrogens is 408 g/mol. The number of amides is 3. The summed E-state index contributed by atoms with van der Waals surface area (Å²) in [6.07, 6.45) is 13.9. The monoisotopic (exact) mass is 452 g/mol. The van der Waals surface area contributed by atoms with Gasteiger partial charge in [0.05, 0.1) is 0 Å².